The summed E-state index contributed by atoms with van der Waals surface area (Å²) in [6.07, 6.45) is 11.0. The van der Waals surface area contributed by atoms with Crippen LogP contribution in [-0.2, 0) is 17.8 Å². The van der Waals surface area contributed by atoms with E-state index in [1.54, 1.807) is 0 Å². The van der Waals surface area contributed by atoms with Crippen LogP contribution in [0.5, 0.6) is 0 Å². The summed E-state index contributed by atoms with van der Waals surface area (Å²) in [5, 5.41) is 3.01. The van der Waals surface area contributed by atoms with Gasteiger partial charge < -0.3 is 15.6 Å². The van der Waals surface area contributed by atoms with Gasteiger partial charge in [-0.1, -0.05) is 75.8 Å². The predicted molar refractivity (Wildman–Crippen MR) is 130 cm³/mol. The van der Waals surface area contributed by atoms with Crippen LogP contribution in [-0.4, -0.2) is 15.5 Å². The van der Waals surface area contributed by atoms with Crippen LogP contribution in [0.3, 0.4) is 0 Å². The summed E-state index contributed by atoms with van der Waals surface area (Å²) in [7, 11) is 0. The summed E-state index contributed by atoms with van der Waals surface area (Å²) in [4.78, 5) is 16.8. The maximum Gasteiger partial charge on any atom is 0.224 e. The number of aromatic nitrogens is 2. The second kappa shape index (κ2) is 12.1. The number of nitrogens with zero attached hydrogens (tertiary/aromatic N) is 2. The Bertz CT molecular complexity index is 949. The van der Waals surface area contributed by atoms with E-state index in [0.29, 0.717) is 12.4 Å². The average molecular weight is 421 g/mol. The Labute approximate surface area is 186 Å². The topological polar surface area (TPSA) is 72.9 Å². The van der Waals surface area contributed by atoms with E-state index in [9.17, 15) is 4.79 Å². The number of hydrogen-bond acceptors (Lipinski definition) is 3. The lowest BCUT2D eigenvalue weighted by Gasteiger charge is -2.08. The molecule has 1 amide bonds. The molecule has 0 aliphatic heterocycles. The highest BCUT2D eigenvalue weighted by atomic mass is 16.1. The summed E-state index contributed by atoms with van der Waals surface area (Å²) in [6, 6.07) is 16.3. The van der Waals surface area contributed by atoms with E-state index in [2.05, 4.69) is 46.1 Å². The second-order valence-corrected chi connectivity index (χ2v) is 8.33. The van der Waals surface area contributed by atoms with Gasteiger partial charge in [0.25, 0.3) is 0 Å². The van der Waals surface area contributed by atoms with Gasteiger partial charge in [0.2, 0.25) is 11.9 Å². The number of hydrogen-bond donors (Lipinski definition) is 2. The first kappa shape index (κ1) is 22.9. The molecule has 5 nitrogen and oxygen atoms in total. The number of nitrogens with one attached hydrogen (secondary N) is 1. The van der Waals surface area contributed by atoms with Crippen LogP contribution in [0, 0.1) is 0 Å². The van der Waals surface area contributed by atoms with Crippen LogP contribution < -0.4 is 11.1 Å². The predicted octanol–water partition coefficient (Wildman–Crippen LogP) is 6.33. The highest BCUT2D eigenvalue weighted by Gasteiger charge is 2.10. The summed E-state index contributed by atoms with van der Waals surface area (Å²) in [5.74, 6) is 0.595. The minimum atomic E-state index is 0.0724. The number of anilines is 2. The van der Waals surface area contributed by atoms with E-state index in [0.717, 1.165) is 48.9 Å². The Morgan fingerprint density at radius 3 is 2.48 bits per heavy atom. The van der Waals surface area contributed by atoms with Gasteiger partial charge in [-0.15, -0.1) is 0 Å². The van der Waals surface area contributed by atoms with Crippen molar-refractivity contribution < 1.29 is 4.79 Å². The zero-order valence-electron chi connectivity index (χ0n) is 18.8. The highest BCUT2D eigenvalue weighted by molar-refractivity contribution is 5.93. The van der Waals surface area contributed by atoms with Crippen molar-refractivity contribution in [2.24, 2.45) is 0 Å². The molecule has 0 aliphatic rings. The average Bonchev–Trinajstić information content (AvgIpc) is 3.08. The monoisotopic (exact) mass is 420 g/mol. The van der Waals surface area contributed by atoms with Gasteiger partial charge in [0, 0.05) is 18.7 Å². The molecule has 2 aromatic carbocycles. The molecule has 3 rings (SSSR count). The van der Waals surface area contributed by atoms with Gasteiger partial charge in [0.1, 0.15) is 0 Å². The third-order valence-electron chi connectivity index (χ3n) is 5.76. The molecule has 3 aromatic rings. The maximum absolute atomic E-state index is 12.3. The molecule has 0 fully saturated rings. The van der Waals surface area contributed by atoms with Crippen LogP contribution >= 0.6 is 0 Å². The fraction of sp³-hybridized carbons (Fsp3) is 0.462. The van der Waals surface area contributed by atoms with Crippen molar-refractivity contribution in [2.45, 2.75) is 77.7 Å². The van der Waals surface area contributed by atoms with Crippen molar-refractivity contribution in [1.82, 2.24) is 9.55 Å². The molecule has 0 aliphatic carbocycles. The van der Waals surface area contributed by atoms with Crippen LogP contribution in [0.15, 0.2) is 48.5 Å². The number of carbonyl (C=O) groups is 1. The molecule has 166 valence electrons. The van der Waals surface area contributed by atoms with Gasteiger partial charge in [-0.3, -0.25) is 4.79 Å². The number of unbranched alkanes of at least 4 members (excludes halogenated alkanes) is 6. The number of fused-ring (bicyclic) bond motifs is 1. The van der Waals surface area contributed by atoms with Gasteiger partial charge in [-0.25, -0.2) is 4.98 Å². The van der Waals surface area contributed by atoms with E-state index >= 15 is 0 Å². The Morgan fingerprint density at radius 2 is 1.71 bits per heavy atom. The molecule has 31 heavy (non-hydrogen) atoms. The van der Waals surface area contributed by atoms with Crippen LogP contribution in [0.25, 0.3) is 11.0 Å². The lowest BCUT2D eigenvalue weighted by atomic mass is 10.1. The molecule has 0 saturated carbocycles. The first-order valence-corrected chi connectivity index (χ1v) is 11.8. The number of amides is 1. The van der Waals surface area contributed by atoms with Crippen molar-refractivity contribution in [3.8, 4) is 0 Å². The van der Waals surface area contributed by atoms with Crippen molar-refractivity contribution in [2.75, 3.05) is 11.1 Å². The van der Waals surface area contributed by atoms with Gasteiger partial charge in [-0.05, 0) is 43.0 Å². The smallest absolute Gasteiger partial charge is 0.224 e. The minimum absolute atomic E-state index is 0.0724. The molecular formula is C26H36N4O. The number of rotatable bonds is 13. The van der Waals surface area contributed by atoms with E-state index < -0.39 is 0 Å². The number of benzene rings is 2. The number of nitrogen functional groups attached to an aromatic ring is 1. The molecule has 0 radical (unpaired) electrons. The molecule has 1 aromatic heterocycles. The molecule has 1 heterocycles. The highest BCUT2D eigenvalue weighted by Crippen LogP contribution is 2.23. The van der Waals surface area contributed by atoms with Gasteiger partial charge >= 0.3 is 0 Å². The van der Waals surface area contributed by atoms with Crippen molar-refractivity contribution in [1.29, 1.82) is 0 Å². The first-order valence-electron chi connectivity index (χ1n) is 11.8. The quantitative estimate of drug-likeness (QED) is 0.317. The molecule has 0 bridgehead atoms. The molecule has 5 heteroatoms. The van der Waals surface area contributed by atoms with Gasteiger partial charge in [0.15, 0.2) is 0 Å². The number of nitrogens with two attached hydrogens (primary N) is 1. The molecule has 3 N–H and O–H groups in total. The second-order valence-electron chi connectivity index (χ2n) is 8.33. The van der Waals surface area contributed by atoms with Crippen LogP contribution in [0.1, 0.15) is 70.3 Å². The van der Waals surface area contributed by atoms with E-state index in [4.69, 9.17) is 5.73 Å². The standard InChI is InChI=1S/C26H36N4O/c1-2-3-4-5-6-7-11-16-25(31)28-22-17-18-24-23(20-22)29-26(27)30(24)19-12-15-21-13-9-8-10-14-21/h8-10,13-14,17-18,20H,2-7,11-12,15-16,19H2,1H3,(H2,27,29)(H,28,31). The van der Waals surface area contributed by atoms with Gasteiger partial charge in [-0.2, -0.15) is 0 Å². The summed E-state index contributed by atoms with van der Waals surface area (Å²) < 4.78 is 2.06. The molecule has 0 saturated heterocycles. The van der Waals surface area contributed by atoms with Crippen molar-refractivity contribution in [3.05, 3.63) is 54.1 Å². The summed E-state index contributed by atoms with van der Waals surface area (Å²) in [5.41, 5.74) is 10.1. The lowest BCUT2D eigenvalue weighted by molar-refractivity contribution is -0.116. The Kier molecular flexibility index (Phi) is 8.95. The van der Waals surface area contributed by atoms with E-state index in [-0.39, 0.29) is 5.91 Å². The van der Waals surface area contributed by atoms with Crippen molar-refractivity contribution in [3.63, 3.8) is 0 Å². The first-order chi connectivity index (χ1) is 15.2. The molecule has 0 atom stereocenters. The lowest BCUT2D eigenvalue weighted by Crippen LogP contribution is -2.11. The van der Waals surface area contributed by atoms with Crippen LogP contribution in [0.4, 0.5) is 11.6 Å². The Morgan fingerprint density at radius 1 is 0.968 bits per heavy atom. The van der Waals surface area contributed by atoms with Gasteiger partial charge in [0.05, 0.1) is 11.0 Å². The van der Waals surface area contributed by atoms with E-state index in [1.165, 1.54) is 37.7 Å². The maximum atomic E-state index is 12.3. The Balaban J connectivity index is 1.48. The summed E-state index contributed by atoms with van der Waals surface area (Å²) >= 11 is 0. The minimum Gasteiger partial charge on any atom is -0.369 e. The normalized spacial score (nSPS) is 11.1. The number of aryl methyl sites for hydroxylation is 2. The van der Waals surface area contributed by atoms with Crippen molar-refractivity contribution >= 4 is 28.6 Å². The SMILES string of the molecule is CCCCCCCCCC(=O)Nc1ccc2c(c1)nc(N)n2CCCc1ccccc1. The molecule has 0 spiro atoms. The molecular weight excluding hydrogens is 384 g/mol. The zero-order valence-corrected chi connectivity index (χ0v) is 18.8. The number of carbonyl (C=O) groups excluding carboxylic acids is 1. The zero-order chi connectivity index (χ0) is 21.9. The fourth-order valence-corrected chi connectivity index (χ4v) is 4.01. The molecule has 0 unspecified atom stereocenters. The van der Waals surface area contributed by atoms with Crippen LogP contribution in [0.2, 0.25) is 0 Å². The largest absolute Gasteiger partial charge is 0.369 e. The summed E-state index contributed by atoms with van der Waals surface area (Å²) in [6.45, 7) is 3.05. The Hall–Kier alpha value is -2.82. The fourth-order valence-electron chi connectivity index (χ4n) is 4.01. The number of imidazole rings is 1. The van der Waals surface area contributed by atoms with E-state index in [1.807, 2.05) is 24.3 Å². The third-order valence-corrected chi connectivity index (χ3v) is 5.76. The third kappa shape index (κ3) is 7.12.